The van der Waals surface area contributed by atoms with Gasteiger partial charge >= 0.3 is 12.2 Å². The quantitative estimate of drug-likeness (QED) is 0.136. The highest BCUT2D eigenvalue weighted by molar-refractivity contribution is 5.87. The molecule has 2 aromatic carbocycles. The number of likely N-dealkylation sites (tertiary alicyclic amines) is 2. The van der Waals surface area contributed by atoms with Gasteiger partial charge in [-0.25, -0.2) is 23.9 Å². The average Bonchev–Trinajstić information content (AvgIpc) is 4.07. The number of nitrogens with one attached hydrogen (secondary N) is 4. The van der Waals surface area contributed by atoms with E-state index in [1.54, 1.807) is 35.2 Å². The number of halogens is 1. The molecule has 7 rings (SSSR count). The largest absolute Gasteiger partial charge is 0.457 e. The summed E-state index contributed by atoms with van der Waals surface area (Å²) in [4.78, 5) is 70.2. The molecule has 0 saturated carbocycles. The summed E-state index contributed by atoms with van der Waals surface area (Å²) in [6.07, 6.45) is 4.42. The van der Waals surface area contributed by atoms with Gasteiger partial charge < -0.3 is 54.1 Å². The first-order valence-corrected chi connectivity index (χ1v) is 19.1. The number of imidazole rings is 2. The van der Waals surface area contributed by atoms with E-state index in [2.05, 4.69) is 30.6 Å². The minimum Gasteiger partial charge on any atom is -0.457 e. The molecule has 4 N–H and O–H groups in total. The molecule has 5 atom stereocenters. The molecule has 58 heavy (non-hydrogen) atoms. The topological polar surface area (TPSA) is 202 Å². The lowest BCUT2D eigenvalue weighted by atomic mass is 9.96. The van der Waals surface area contributed by atoms with Crippen molar-refractivity contribution in [1.29, 1.82) is 0 Å². The Morgan fingerprint density at radius 1 is 0.845 bits per heavy atom. The van der Waals surface area contributed by atoms with Crippen LogP contribution in [0, 0.1) is 5.82 Å². The Morgan fingerprint density at radius 2 is 1.47 bits per heavy atom. The first kappa shape index (κ1) is 40.2. The van der Waals surface area contributed by atoms with Gasteiger partial charge in [0.2, 0.25) is 11.8 Å². The van der Waals surface area contributed by atoms with Gasteiger partial charge in [-0.15, -0.1) is 0 Å². The number of amides is 4. The van der Waals surface area contributed by atoms with E-state index >= 15 is 4.39 Å². The molecule has 2 fully saturated rings. The maximum atomic E-state index is 15.9. The highest BCUT2D eigenvalue weighted by atomic mass is 19.1. The molecule has 3 aliphatic heterocycles. The molecule has 18 heteroatoms. The fraction of sp³-hybridized carbons (Fsp3) is 0.450. The van der Waals surface area contributed by atoms with Gasteiger partial charge in [0.25, 0.3) is 0 Å². The van der Waals surface area contributed by atoms with Crippen LogP contribution in [0.3, 0.4) is 0 Å². The summed E-state index contributed by atoms with van der Waals surface area (Å²) in [6.45, 7) is 2.64. The van der Waals surface area contributed by atoms with E-state index < -0.39 is 42.2 Å². The number of hydrogen-bond donors (Lipinski definition) is 4. The van der Waals surface area contributed by atoms with Gasteiger partial charge in [-0.1, -0.05) is 0 Å². The summed E-state index contributed by atoms with van der Waals surface area (Å²) in [5.74, 6) is 1.19. The van der Waals surface area contributed by atoms with Crippen LogP contribution in [0.15, 0.2) is 42.7 Å². The Balaban J connectivity index is 1.05. The number of ether oxygens (including phenoxy) is 5. The van der Waals surface area contributed by atoms with Gasteiger partial charge in [0.1, 0.15) is 41.0 Å². The summed E-state index contributed by atoms with van der Waals surface area (Å²) >= 11 is 0. The van der Waals surface area contributed by atoms with E-state index in [0.717, 1.165) is 29.7 Å². The van der Waals surface area contributed by atoms with Crippen LogP contribution in [0.4, 0.5) is 14.0 Å². The van der Waals surface area contributed by atoms with Crippen molar-refractivity contribution < 1.29 is 47.3 Å². The molecule has 0 unspecified atom stereocenters. The summed E-state index contributed by atoms with van der Waals surface area (Å²) in [7, 11) is 5.38. The smallest absolute Gasteiger partial charge is 0.407 e. The van der Waals surface area contributed by atoms with Crippen molar-refractivity contribution >= 4 is 24.0 Å². The van der Waals surface area contributed by atoms with E-state index in [9.17, 15) is 19.2 Å². The van der Waals surface area contributed by atoms with Gasteiger partial charge in [0.15, 0.2) is 0 Å². The molecule has 17 nitrogen and oxygen atoms in total. The van der Waals surface area contributed by atoms with Gasteiger partial charge in [-0.2, -0.15) is 0 Å². The number of rotatable bonds is 12. The molecule has 2 saturated heterocycles. The number of carbonyl (C=O) groups excluding carboxylic acids is 4. The second-order valence-electron chi connectivity index (χ2n) is 14.5. The Bertz CT molecular complexity index is 2170. The van der Waals surface area contributed by atoms with Crippen LogP contribution in [0.2, 0.25) is 0 Å². The van der Waals surface area contributed by atoms with Crippen LogP contribution in [0.5, 0.6) is 11.5 Å². The number of aromatic nitrogens is 4. The first-order chi connectivity index (χ1) is 28.0. The maximum absolute atomic E-state index is 15.9. The van der Waals surface area contributed by atoms with Crippen molar-refractivity contribution in [1.82, 2.24) is 40.4 Å². The molecule has 4 amide bonds. The average molecular weight is 803 g/mol. The third-order valence-electron chi connectivity index (χ3n) is 11.0. The van der Waals surface area contributed by atoms with Crippen LogP contribution in [-0.4, -0.2) is 120 Å². The minimum absolute atomic E-state index is 0.00538. The zero-order chi connectivity index (χ0) is 41.1. The number of alkyl carbamates (subject to hydrolysis) is 2. The molecule has 3 aliphatic rings. The Morgan fingerprint density at radius 3 is 2.12 bits per heavy atom. The molecule has 0 spiro atoms. The molecule has 2 aromatic heterocycles. The molecule has 0 radical (unpaired) electrons. The molecule has 4 aromatic rings. The van der Waals surface area contributed by atoms with Crippen LogP contribution in [0.1, 0.15) is 67.5 Å². The lowest BCUT2D eigenvalue weighted by Gasteiger charge is -2.30. The molecule has 0 aliphatic carbocycles. The minimum atomic E-state index is -0.974. The number of fused-ring (bicyclic) bond motifs is 2. The van der Waals surface area contributed by atoms with Crippen molar-refractivity contribution in [3.8, 4) is 34.0 Å². The lowest BCUT2D eigenvalue weighted by molar-refractivity contribution is -0.137. The zero-order valence-electron chi connectivity index (χ0n) is 32.9. The number of H-pyrrole nitrogens is 2. The fourth-order valence-corrected chi connectivity index (χ4v) is 7.89. The van der Waals surface area contributed by atoms with Crippen molar-refractivity contribution in [2.75, 3.05) is 48.1 Å². The molecule has 0 bridgehead atoms. The number of hydrogen-bond acceptors (Lipinski definition) is 11. The van der Waals surface area contributed by atoms with E-state index in [-0.39, 0.29) is 30.0 Å². The molecular weight excluding hydrogens is 755 g/mol. The van der Waals surface area contributed by atoms with Crippen LogP contribution < -0.4 is 15.4 Å². The summed E-state index contributed by atoms with van der Waals surface area (Å²) in [5, 5.41) is 5.13. The van der Waals surface area contributed by atoms with Crippen molar-refractivity contribution in [2.24, 2.45) is 0 Å². The molecule has 5 heterocycles. The number of methoxy groups -OCH3 is 4. The van der Waals surface area contributed by atoms with Gasteiger partial charge in [0.05, 0.1) is 62.8 Å². The maximum Gasteiger partial charge on any atom is 0.407 e. The van der Waals surface area contributed by atoms with Crippen LogP contribution in [0.25, 0.3) is 22.5 Å². The Kier molecular flexibility index (Phi) is 11.9. The molecular formula is C40H47FN8O9. The number of benzene rings is 2. The summed E-state index contributed by atoms with van der Waals surface area (Å²) < 4.78 is 42.2. The standard InChI is InChI=1S/C40H47FN8O9/c1-21(55-3)34(47-40(53)57-5)38(51)49-13-7-9-31(49)36-43-19-28(45-36)25-17-33-24(16-26(25)41)15-23-14-22(10-11-32(23)58-33)27-18-42-35(44-27)30-8-6-12-48(30)37(50)29(20-54-2)46-39(52)56-4/h10-11,14,16-19,21,29-31,34H,6-9,12-13,15,20H2,1-5H3,(H,42,44)(H,43,45)(H,46,52)(H,47,53)/t21-,29+,30+,31+,34+/m1/s1. The zero-order valence-corrected chi connectivity index (χ0v) is 32.9. The van der Waals surface area contributed by atoms with Crippen LogP contribution in [-0.2, 0) is 35.0 Å². The lowest BCUT2D eigenvalue weighted by Crippen LogP contribution is -2.54. The van der Waals surface area contributed by atoms with Crippen LogP contribution >= 0.6 is 0 Å². The van der Waals surface area contributed by atoms with Crippen molar-refractivity contribution in [2.45, 2.75) is 69.3 Å². The second kappa shape index (κ2) is 17.2. The second-order valence-corrected chi connectivity index (χ2v) is 14.5. The first-order valence-electron chi connectivity index (χ1n) is 19.1. The normalized spacial score (nSPS) is 18.7. The number of nitrogens with zero attached hydrogens (tertiary/aromatic N) is 4. The van der Waals surface area contributed by atoms with Crippen molar-refractivity contribution in [3.63, 3.8) is 0 Å². The SMILES string of the molecule is COC[C@H](NC(=O)OC)C(=O)N1CCC[C@H]1c1ncc(-c2ccc3c(c2)Cc2cc(F)c(-c4cnc([C@@H]5CCCN5C(=O)[C@@H](NC(=O)OC)[C@@H](C)OC)[nH]4)cc2O3)[nH]1. The Labute approximate surface area is 333 Å². The number of carbonyl (C=O) groups is 4. The third-order valence-corrected chi connectivity index (χ3v) is 11.0. The highest BCUT2D eigenvalue weighted by Crippen LogP contribution is 2.42. The van der Waals surface area contributed by atoms with Gasteiger partial charge in [-0.05, 0) is 68.5 Å². The predicted molar refractivity (Wildman–Crippen MR) is 205 cm³/mol. The highest BCUT2D eigenvalue weighted by Gasteiger charge is 2.39. The monoisotopic (exact) mass is 802 g/mol. The fourth-order valence-electron chi connectivity index (χ4n) is 7.89. The van der Waals surface area contributed by atoms with E-state index in [4.69, 9.17) is 23.7 Å². The predicted octanol–water partition coefficient (Wildman–Crippen LogP) is 4.76. The summed E-state index contributed by atoms with van der Waals surface area (Å²) in [5.41, 5.74) is 3.82. The van der Waals surface area contributed by atoms with E-state index in [1.165, 1.54) is 34.5 Å². The van der Waals surface area contributed by atoms with Gasteiger partial charge in [0, 0.05) is 50.4 Å². The molecule has 308 valence electrons. The van der Waals surface area contributed by atoms with E-state index in [0.29, 0.717) is 66.8 Å². The third kappa shape index (κ3) is 8.06. The summed E-state index contributed by atoms with van der Waals surface area (Å²) in [6, 6.07) is 6.25. The van der Waals surface area contributed by atoms with Gasteiger partial charge in [-0.3, -0.25) is 9.59 Å². The Hall–Kier alpha value is -6.01. The van der Waals surface area contributed by atoms with E-state index in [1.807, 2.05) is 18.2 Å². The van der Waals surface area contributed by atoms with Crippen molar-refractivity contribution in [3.05, 3.63) is 71.3 Å². The number of aromatic amines is 2.